The first-order valence-corrected chi connectivity index (χ1v) is 6.42. The minimum absolute atomic E-state index is 0.0144. The summed E-state index contributed by atoms with van der Waals surface area (Å²) in [7, 11) is 0. The molecule has 4 heteroatoms. The highest BCUT2D eigenvalue weighted by Gasteiger charge is 2.41. The number of hydrogen-bond donors (Lipinski definition) is 2. The molecule has 2 aliphatic heterocycles. The molecule has 1 aromatic carbocycles. The molecule has 2 fully saturated rings. The van der Waals surface area contributed by atoms with Gasteiger partial charge in [0.05, 0.1) is 18.2 Å². The molecule has 0 radical (unpaired) electrons. The number of ether oxygens (including phenoxy) is 1. The molecule has 0 saturated carbocycles. The van der Waals surface area contributed by atoms with Crippen LogP contribution in [0.25, 0.3) is 0 Å². The fourth-order valence-corrected chi connectivity index (χ4v) is 2.80. The molecule has 1 amide bonds. The predicted octanol–water partition coefficient (Wildman–Crippen LogP) is 2.02. The monoisotopic (exact) mass is 249 g/mol. The Labute approximate surface area is 106 Å². The molecule has 2 aliphatic rings. The van der Waals surface area contributed by atoms with E-state index in [-0.39, 0.29) is 18.1 Å². The van der Waals surface area contributed by atoms with Gasteiger partial charge in [0.2, 0.25) is 0 Å². The van der Waals surface area contributed by atoms with E-state index in [0.29, 0.717) is 11.7 Å². The lowest BCUT2D eigenvalue weighted by Crippen LogP contribution is -2.41. The van der Waals surface area contributed by atoms with Crippen molar-refractivity contribution in [1.29, 1.82) is 0 Å². The second-order valence-corrected chi connectivity index (χ2v) is 5.25. The highest BCUT2D eigenvalue weighted by atomic mass is 32.1. The Morgan fingerprint density at radius 3 is 2.65 bits per heavy atom. The third kappa shape index (κ3) is 2.19. The largest absolute Gasteiger partial charge is 0.373 e. The molecule has 3 unspecified atom stereocenters. The van der Waals surface area contributed by atoms with Gasteiger partial charge in [-0.2, -0.15) is 0 Å². The van der Waals surface area contributed by atoms with Gasteiger partial charge in [-0.25, -0.2) is 0 Å². The van der Waals surface area contributed by atoms with Gasteiger partial charge in [-0.3, -0.25) is 4.79 Å². The second-order valence-electron chi connectivity index (χ2n) is 4.74. The summed E-state index contributed by atoms with van der Waals surface area (Å²) in [6.07, 6.45) is 3.77. The van der Waals surface area contributed by atoms with Gasteiger partial charge in [-0.15, -0.1) is 12.6 Å². The van der Waals surface area contributed by atoms with Crippen molar-refractivity contribution in [3.05, 3.63) is 29.8 Å². The number of fused-ring (bicyclic) bond motifs is 2. The van der Waals surface area contributed by atoms with Crippen LogP contribution in [0, 0.1) is 0 Å². The lowest BCUT2D eigenvalue weighted by atomic mass is 9.95. The molecule has 2 saturated heterocycles. The molecule has 90 valence electrons. The van der Waals surface area contributed by atoms with Gasteiger partial charge < -0.3 is 10.1 Å². The van der Waals surface area contributed by atoms with E-state index in [2.05, 4.69) is 17.9 Å². The molecule has 0 spiro atoms. The summed E-state index contributed by atoms with van der Waals surface area (Å²) < 4.78 is 5.71. The van der Waals surface area contributed by atoms with Gasteiger partial charge >= 0.3 is 0 Å². The number of nitrogens with one attached hydrogen (secondary N) is 1. The van der Waals surface area contributed by atoms with E-state index in [1.807, 2.05) is 12.1 Å². The zero-order chi connectivity index (χ0) is 11.8. The smallest absolute Gasteiger partial charge is 0.251 e. The summed E-state index contributed by atoms with van der Waals surface area (Å²) in [5.41, 5.74) is 0.686. The first-order valence-electron chi connectivity index (χ1n) is 5.98. The highest BCUT2D eigenvalue weighted by molar-refractivity contribution is 7.80. The minimum atomic E-state index is -0.0144. The first kappa shape index (κ1) is 11.1. The van der Waals surface area contributed by atoms with E-state index >= 15 is 0 Å². The lowest BCUT2D eigenvalue weighted by Gasteiger charge is -2.20. The normalized spacial score (nSPS) is 30.5. The number of carbonyl (C=O) groups excluding carboxylic acids is 1. The van der Waals surface area contributed by atoms with Crippen molar-refractivity contribution in [2.45, 2.75) is 42.4 Å². The zero-order valence-corrected chi connectivity index (χ0v) is 10.3. The Bertz CT molecular complexity index is 432. The van der Waals surface area contributed by atoms with Crippen molar-refractivity contribution in [3.63, 3.8) is 0 Å². The molecule has 2 heterocycles. The number of rotatable bonds is 2. The maximum atomic E-state index is 12.0. The van der Waals surface area contributed by atoms with Crippen molar-refractivity contribution in [3.8, 4) is 0 Å². The number of hydrogen-bond acceptors (Lipinski definition) is 3. The zero-order valence-electron chi connectivity index (χ0n) is 9.43. The molecule has 0 aromatic heterocycles. The van der Waals surface area contributed by atoms with Crippen LogP contribution in [-0.2, 0) is 4.74 Å². The number of amides is 1. The molecule has 3 atom stereocenters. The molecule has 1 N–H and O–H groups in total. The van der Waals surface area contributed by atoms with Crippen molar-refractivity contribution in [2.75, 3.05) is 0 Å². The van der Waals surface area contributed by atoms with E-state index in [9.17, 15) is 4.79 Å². The molecule has 3 nitrogen and oxygen atoms in total. The topological polar surface area (TPSA) is 38.3 Å². The molecular weight excluding hydrogens is 234 g/mol. The van der Waals surface area contributed by atoms with Crippen molar-refractivity contribution in [1.82, 2.24) is 5.32 Å². The summed E-state index contributed by atoms with van der Waals surface area (Å²) >= 11 is 4.20. The Kier molecular flexibility index (Phi) is 2.84. The third-order valence-electron chi connectivity index (χ3n) is 3.55. The van der Waals surface area contributed by atoms with Crippen LogP contribution in [0.5, 0.6) is 0 Å². The standard InChI is InChI=1S/C13H15NO2S/c15-13(8-1-4-10(17)5-2-8)14-11-7-9-3-6-12(11)16-9/h1-2,4-5,9,11-12,17H,3,6-7H2,(H,14,15). The van der Waals surface area contributed by atoms with E-state index in [1.54, 1.807) is 12.1 Å². The van der Waals surface area contributed by atoms with Gasteiger partial charge in [0.1, 0.15) is 0 Å². The summed E-state index contributed by atoms with van der Waals surface area (Å²) in [5, 5.41) is 3.06. The summed E-state index contributed by atoms with van der Waals surface area (Å²) in [6, 6.07) is 7.44. The van der Waals surface area contributed by atoms with Crippen LogP contribution in [0.1, 0.15) is 29.6 Å². The fourth-order valence-electron chi connectivity index (χ4n) is 2.65. The molecule has 17 heavy (non-hydrogen) atoms. The molecule has 2 bridgehead atoms. The average Bonchev–Trinajstić information content (AvgIpc) is 2.91. The van der Waals surface area contributed by atoms with Crippen LogP contribution in [-0.4, -0.2) is 24.2 Å². The summed E-state index contributed by atoms with van der Waals surface area (Å²) in [4.78, 5) is 12.9. The molecule has 3 rings (SSSR count). The Morgan fingerprint density at radius 1 is 1.29 bits per heavy atom. The maximum Gasteiger partial charge on any atom is 0.251 e. The fraction of sp³-hybridized carbons (Fsp3) is 0.462. The van der Waals surface area contributed by atoms with Gasteiger partial charge in [-0.05, 0) is 43.5 Å². The molecular formula is C13H15NO2S. The van der Waals surface area contributed by atoms with Gasteiger partial charge in [0, 0.05) is 10.5 Å². The Balaban J connectivity index is 1.65. The lowest BCUT2D eigenvalue weighted by molar-refractivity contribution is 0.0841. The molecule has 1 aromatic rings. The van der Waals surface area contributed by atoms with Crippen LogP contribution in [0.2, 0.25) is 0 Å². The van der Waals surface area contributed by atoms with Gasteiger partial charge in [-0.1, -0.05) is 0 Å². The Hall–Kier alpha value is -1.00. The van der Waals surface area contributed by atoms with Crippen LogP contribution in [0.3, 0.4) is 0 Å². The average molecular weight is 249 g/mol. The Morgan fingerprint density at radius 2 is 2.06 bits per heavy atom. The van der Waals surface area contributed by atoms with Crippen LogP contribution >= 0.6 is 12.6 Å². The van der Waals surface area contributed by atoms with Crippen LogP contribution in [0.15, 0.2) is 29.2 Å². The summed E-state index contributed by atoms with van der Waals surface area (Å²) in [6.45, 7) is 0. The maximum absolute atomic E-state index is 12.0. The number of carbonyl (C=O) groups is 1. The quantitative estimate of drug-likeness (QED) is 0.787. The van der Waals surface area contributed by atoms with E-state index < -0.39 is 0 Å². The van der Waals surface area contributed by atoms with Crippen molar-refractivity contribution < 1.29 is 9.53 Å². The SMILES string of the molecule is O=C(NC1CC2CCC1O2)c1ccc(S)cc1. The first-order chi connectivity index (χ1) is 8.22. The highest BCUT2D eigenvalue weighted by Crippen LogP contribution is 2.34. The van der Waals surface area contributed by atoms with Gasteiger partial charge in [0.15, 0.2) is 0 Å². The van der Waals surface area contributed by atoms with Crippen molar-refractivity contribution in [2.24, 2.45) is 0 Å². The summed E-state index contributed by atoms with van der Waals surface area (Å²) in [5.74, 6) is -0.0144. The third-order valence-corrected chi connectivity index (χ3v) is 3.85. The van der Waals surface area contributed by atoms with Crippen LogP contribution < -0.4 is 5.32 Å². The predicted molar refractivity (Wildman–Crippen MR) is 67.5 cm³/mol. The van der Waals surface area contributed by atoms with E-state index in [0.717, 1.165) is 24.2 Å². The minimum Gasteiger partial charge on any atom is -0.373 e. The van der Waals surface area contributed by atoms with Crippen molar-refractivity contribution >= 4 is 18.5 Å². The number of thiol groups is 1. The second kappa shape index (κ2) is 4.35. The van der Waals surface area contributed by atoms with Crippen LogP contribution in [0.4, 0.5) is 0 Å². The van der Waals surface area contributed by atoms with E-state index in [1.165, 1.54) is 0 Å². The molecule has 0 aliphatic carbocycles. The van der Waals surface area contributed by atoms with Gasteiger partial charge in [0.25, 0.3) is 5.91 Å². The van der Waals surface area contributed by atoms with E-state index in [4.69, 9.17) is 4.74 Å². The number of benzene rings is 1.